The number of nitrogens with zero attached hydrogens (tertiary/aromatic N) is 3. The number of carbonyl (C=O) groups is 2. The Kier molecular flexibility index (Phi) is 4.32. The van der Waals surface area contributed by atoms with Gasteiger partial charge in [-0.15, -0.1) is 0 Å². The summed E-state index contributed by atoms with van der Waals surface area (Å²) in [4.78, 5) is 25.1. The van der Waals surface area contributed by atoms with Crippen molar-refractivity contribution in [2.75, 3.05) is 6.61 Å². The Morgan fingerprint density at radius 1 is 1.38 bits per heavy atom. The number of aromatic nitrogens is 2. The monoisotopic (exact) mass is 295 g/mol. The van der Waals surface area contributed by atoms with Crippen LogP contribution in [0.15, 0.2) is 12.4 Å². The van der Waals surface area contributed by atoms with E-state index in [9.17, 15) is 14.7 Å². The van der Waals surface area contributed by atoms with Gasteiger partial charge in [0.05, 0.1) is 12.2 Å². The molecule has 2 rings (SSSR count). The lowest BCUT2D eigenvalue weighted by Crippen LogP contribution is -2.54. The molecule has 1 aliphatic heterocycles. The van der Waals surface area contributed by atoms with Gasteiger partial charge in [0.25, 0.3) is 0 Å². The number of aliphatic carboxylic acids is 1. The van der Waals surface area contributed by atoms with E-state index in [4.69, 9.17) is 4.74 Å². The predicted molar refractivity (Wildman–Crippen MR) is 74.7 cm³/mol. The highest BCUT2D eigenvalue weighted by atomic mass is 16.5. The smallest absolute Gasteiger partial charge is 0.335 e. The molecule has 2 unspecified atom stereocenters. The van der Waals surface area contributed by atoms with Gasteiger partial charge >= 0.3 is 5.97 Å². The van der Waals surface area contributed by atoms with E-state index in [1.165, 1.54) is 0 Å². The Bertz CT molecular complexity index is 538. The van der Waals surface area contributed by atoms with Crippen molar-refractivity contribution >= 4 is 11.9 Å². The summed E-state index contributed by atoms with van der Waals surface area (Å²) in [7, 11) is 0. The highest BCUT2D eigenvalue weighted by Gasteiger charge is 2.43. The van der Waals surface area contributed by atoms with Gasteiger partial charge in [-0.3, -0.25) is 9.48 Å². The zero-order valence-electron chi connectivity index (χ0n) is 12.7. The second kappa shape index (κ2) is 5.85. The summed E-state index contributed by atoms with van der Waals surface area (Å²) in [5.74, 6) is -1.28. The lowest BCUT2D eigenvalue weighted by Gasteiger charge is -2.41. The third kappa shape index (κ3) is 2.92. The fraction of sp³-hybridized carbons (Fsp3) is 0.643. The van der Waals surface area contributed by atoms with Crippen molar-refractivity contribution < 1.29 is 19.4 Å². The minimum Gasteiger partial charge on any atom is -0.479 e. The molecule has 1 aromatic rings. The SMILES string of the molecule is CC(C)N1C(=O)COC(C(=O)O)C1c1cnn(C(C)C)c1. The standard InChI is InChI=1S/C14H21N3O4/c1-8(2)16-6-10(5-15-16)12-13(14(19)20)21-7-11(18)17(12)9(3)4/h5-6,8-9,12-13H,7H2,1-4H3,(H,19,20). The molecular formula is C14H21N3O4. The van der Waals surface area contributed by atoms with E-state index in [0.29, 0.717) is 5.56 Å². The summed E-state index contributed by atoms with van der Waals surface area (Å²) in [6.07, 6.45) is 2.32. The first kappa shape index (κ1) is 15.5. The summed E-state index contributed by atoms with van der Waals surface area (Å²) < 4.78 is 6.98. The zero-order valence-corrected chi connectivity index (χ0v) is 12.7. The van der Waals surface area contributed by atoms with Crippen molar-refractivity contribution in [1.82, 2.24) is 14.7 Å². The number of morpholine rings is 1. The highest BCUT2D eigenvalue weighted by Crippen LogP contribution is 2.32. The van der Waals surface area contributed by atoms with Gasteiger partial charge in [0, 0.05) is 23.8 Å². The Labute approximate surface area is 123 Å². The Hall–Kier alpha value is -1.89. The minimum absolute atomic E-state index is 0.115. The Morgan fingerprint density at radius 3 is 2.52 bits per heavy atom. The number of carboxylic acid groups (broad SMARTS) is 1. The van der Waals surface area contributed by atoms with Crippen LogP contribution in [0, 0.1) is 0 Å². The highest BCUT2D eigenvalue weighted by molar-refractivity contribution is 5.83. The van der Waals surface area contributed by atoms with Crippen molar-refractivity contribution in [3.8, 4) is 0 Å². The molecule has 1 aliphatic rings. The largest absolute Gasteiger partial charge is 0.479 e. The number of hydrogen-bond acceptors (Lipinski definition) is 4. The molecule has 0 spiro atoms. The maximum atomic E-state index is 12.1. The third-order valence-corrected chi connectivity index (χ3v) is 3.55. The molecule has 7 nitrogen and oxygen atoms in total. The van der Waals surface area contributed by atoms with Gasteiger partial charge in [-0.1, -0.05) is 0 Å². The molecule has 2 heterocycles. The van der Waals surface area contributed by atoms with Crippen LogP contribution in [-0.2, 0) is 14.3 Å². The van der Waals surface area contributed by atoms with Crippen LogP contribution in [0.3, 0.4) is 0 Å². The van der Waals surface area contributed by atoms with Gasteiger partial charge in [0.2, 0.25) is 5.91 Å². The summed E-state index contributed by atoms with van der Waals surface area (Å²) in [5, 5.41) is 13.6. The van der Waals surface area contributed by atoms with Gasteiger partial charge in [0.15, 0.2) is 6.10 Å². The van der Waals surface area contributed by atoms with E-state index >= 15 is 0 Å². The van der Waals surface area contributed by atoms with Crippen LogP contribution in [0.5, 0.6) is 0 Å². The normalized spacial score (nSPS) is 23.1. The number of amides is 1. The second-order valence-corrected chi connectivity index (χ2v) is 5.76. The van der Waals surface area contributed by atoms with Gasteiger partial charge in [-0.05, 0) is 27.7 Å². The van der Waals surface area contributed by atoms with E-state index in [1.807, 2.05) is 27.7 Å². The fourth-order valence-corrected chi connectivity index (χ4v) is 2.57. The molecule has 2 atom stereocenters. The number of hydrogen-bond donors (Lipinski definition) is 1. The molecule has 116 valence electrons. The number of carbonyl (C=O) groups excluding carboxylic acids is 1. The summed E-state index contributed by atoms with van der Waals surface area (Å²) in [6, 6.07) is -0.610. The van der Waals surface area contributed by atoms with Crippen molar-refractivity contribution in [2.45, 2.75) is 51.9 Å². The molecule has 1 saturated heterocycles. The zero-order chi connectivity index (χ0) is 15.7. The second-order valence-electron chi connectivity index (χ2n) is 5.76. The van der Waals surface area contributed by atoms with Gasteiger partial charge in [-0.25, -0.2) is 4.79 Å². The lowest BCUT2D eigenvalue weighted by atomic mass is 9.99. The quantitative estimate of drug-likeness (QED) is 0.903. The molecule has 1 fully saturated rings. The minimum atomic E-state index is -1.07. The van der Waals surface area contributed by atoms with Crippen LogP contribution in [-0.4, -0.2) is 50.4 Å². The molecule has 7 heteroatoms. The van der Waals surface area contributed by atoms with Crippen molar-refractivity contribution in [3.05, 3.63) is 18.0 Å². The van der Waals surface area contributed by atoms with Crippen LogP contribution >= 0.6 is 0 Å². The molecule has 0 saturated carbocycles. The molecular weight excluding hydrogens is 274 g/mol. The van der Waals surface area contributed by atoms with Crippen molar-refractivity contribution in [2.24, 2.45) is 0 Å². The Morgan fingerprint density at radius 2 is 2.05 bits per heavy atom. The lowest BCUT2D eigenvalue weighted by molar-refractivity contribution is -0.175. The molecule has 0 radical (unpaired) electrons. The van der Waals surface area contributed by atoms with Gasteiger partial charge < -0.3 is 14.7 Å². The van der Waals surface area contributed by atoms with Crippen LogP contribution in [0.4, 0.5) is 0 Å². The molecule has 0 bridgehead atoms. The summed E-state index contributed by atoms with van der Waals surface area (Å²) in [5.41, 5.74) is 0.679. The number of carboxylic acids is 1. The summed E-state index contributed by atoms with van der Waals surface area (Å²) >= 11 is 0. The number of rotatable bonds is 4. The number of ether oxygens (including phenoxy) is 1. The molecule has 0 aliphatic carbocycles. The van der Waals surface area contributed by atoms with Gasteiger partial charge in [-0.2, -0.15) is 5.10 Å². The van der Waals surface area contributed by atoms with Crippen LogP contribution in [0.25, 0.3) is 0 Å². The first-order valence-electron chi connectivity index (χ1n) is 7.02. The first-order valence-corrected chi connectivity index (χ1v) is 7.02. The third-order valence-electron chi connectivity index (χ3n) is 3.55. The van der Waals surface area contributed by atoms with Crippen LogP contribution in [0.1, 0.15) is 45.3 Å². The summed E-state index contributed by atoms with van der Waals surface area (Å²) in [6.45, 7) is 7.48. The molecule has 1 aromatic heterocycles. The maximum Gasteiger partial charge on any atom is 0.335 e. The van der Waals surface area contributed by atoms with E-state index in [-0.39, 0.29) is 24.6 Å². The molecule has 0 aromatic carbocycles. The Balaban J connectivity index is 2.43. The van der Waals surface area contributed by atoms with E-state index in [2.05, 4.69) is 5.10 Å². The molecule has 1 amide bonds. The predicted octanol–water partition coefficient (Wildman–Crippen LogP) is 1.23. The molecule has 21 heavy (non-hydrogen) atoms. The van der Waals surface area contributed by atoms with Crippen molar-refractivity contribution in [1.29, 1.82) is 0 Å². The van der Waals surface area contributed by atoms with Crippen LogP contribution < -0.4 is 0 Å². The van der Waals surface area contributed by atoms with Gasteiger partial charge in [0.1, 0.15) is 6.61 Å². The van der Waals surface area contributed by atoms with E-state index < -0.39 is 18.1 Å². The first-order chi connectivity index (χ1) is 9.82. The van der Waals surface area contributed by atoms with Crippen molar-refractivity contribution in [3.63, 3.8) is 0 Å². The average Bonchev–Trinajstić information content (AvgIpc) is 2.86. The van der Waals surface area contributed by atoms with E-state index in [0.717, 1.165) is 0 Å². The van der Waals surface area contributed by atoms with E-state index in [1.54, 1.807) is 22.0 Å². The molecule has 1 N–H and O–H groups in total. The topological polar surface area (TPSA) is 84.7 Å². The average molecular weight is 295 g/mol. The maximum absolute atomic E-state index is 12.1. The van der Waals surface area contributed by atoms with Crippen LogP contribution in [0.2, 0.25) is 0 Å². The fourth-order valence-electron chi connectivity index (χ4n) is 2.57.